The van der Waals surface area contributed by atoms with Gasteiger partial charge in [-0.3, -0.25) is 0 Å². The van der Waals surface area contributed by atoms with Crippen LogP contribution < -0.4 is 10.1 Å². The van der Waals surface area contributed by atoms with E-state index in [1.807, 2.05) is 56.3 Å². The Morgan fingerprint density at radius 1 is 1.20 bits per heavy atom. The van der Waals surface area contributed by atoms with E-state index in [0.29, 0.717) is 36.7 Å². The lowest BCUT2D eigenvalue weighted by molar-refractivity contribution is -0.0235. The standard InChI is InChI=1S/C24H25N3O3/c1-4-16-10-11-20(21(12-16)30-15-29-5-2)22-18-8-6-7-9-19(18)23(27-26-22)25-17-13-24(3,28)14-17/h1,6-12,17,28H,5,13-15H2,2-3H3,(H,25,27)/t17-,24+. The van der Waals surface area contributed by atoms with Gasteiger partial charge in [-0.15, -0.1) is 16.6 Å². The quantitative estimate of drug-likeness (QED) is 0.353. The van der Waals surface area contributed by atoms with Gasteiger partial charge in [0.2, 0.25) is 0 Å². The van der Waals surface area contributed by atoms with E-state index in [2.05, 4.69) is 21.4 Å². The van der Waals surface area contributed by atoms with Crippen molar-refractivity contribution >= 4 is 16.6 Å². The maximum absolute atomic E-state index is 10.0. The fourth-order valence-electron chi connectivity index (χ4n) is 3.82. The van der Waals surface area contributed by atoms with Crippen LogP contribution in [0, 0.1) is 12.3 Å². The number of rotatable bonds is 7. The molecule has 0 radical (unpaired) electrons. The molecule has 2 aromatic carbocycles. The van der Waals surface area contributed by atoms with Crippen molar-refractivity contribution in [1.29, 1.82) is 0 Å². The normalized spacial score (nSPS) is 20.4. The molecule has 1 aromatic heterocycles. The van der Waals surface area contributed by atoms with Crippen LogP contribution in [0.4, 0.5) is 5.82 Å². The lowest BCUT2D eigenvalue weighted by Crippen LogP contribution is -2.48. The van der Waals surface area contributed by atoms with Gasteiger partial charge >= 0.3 is 0 Å². The van der Waals surface area contributed by atoms with Gasteiger partial charge in [-0.05, 0) is 44.9 Å². The number of hydrogen-bond acceptors (Lipinski definition) is 6. The Kier molecular flexibility index (Phi) is 5.58. The van der Waals surface area contributed by atoms with Gasteiger partial charge in [-0.25, -0.2) is 0 Å². The van der Waals surface area contributed by atoms with Gasteiger partial charge in [0.25, 0.3) is 0 Å². The van der Waals surface area contributed by atoms with E-state index in [-0.39, 0.29) is 12.8 Å². The summed E-state index contributed by atoms with van der Waals surface area (Å²) in [6.45, 7) is 4.45. The van der Waals surface area contributed by atoms with E-state index < -0.39 is 5.60 Å². The molecule has 0 aliphatic heterocycles. The maximum atomic E-state index is 10.0. The molecular formula is C24H25N3O3. The lowest BCUT2D eigenvalue weighted by atomic mass is 9.77. The van der Waals surface area contributed by atoms with Crippen molar-refractivity contribution in [2.75, 3.05) is 18.7 Å². The van der Waals surface area contributed by atoms with Crippen LogP contribution in [-0.2, 0) is 4.74 Å². The Morgan fingerprint density at radius 3 is 2.67 bits per heavy atom. The number of aromatic nitrogens is 2. The fourth-order valence-corrected chi connectivity index (χ4v) is 3.82. The zero-order valence-corrected chi connectivity index (χ0v) is 17.2. The summed E-state index contributed by atoms with van der Waals surface area (Å²) in [5, 5.41) is 24.3. The average molecular weight is 403 g/mol. The monoisotopic (exact) mass is 403 g/mol. The van der Waals surface area contributed by atoms with E-state index in [1.54, 1.807) is 0 Å². The Labute approximate surface area is 176 Å². The molecule has 0 saturated heterocycles. The van der Waals surface area contributed by atoms with Gasteiger partial charge in [-0.2, -0.15) is 0 Å². The number of anilines is 1. The minimum absolute atomic E-state index is 0.129. The molecule has 3 aromatic rings. The average Bonchev–Trinajstić information content (AvgIpc) is 2.73. The number of nitrogens with one attached hydrogen (secondary N) is 1. The summed E-state index contributed by atoms with van der Waals surface area (Å²) in [5.74, 6) is 3.96. The van der Waals surface area contributed by atoms with Crippen LogP contribution >= 0.6 is 0 Å². The highest BCUT2D eigenvalue weighted by Crippen LogP contribution is 2.38. The molecule has 0 spiro atoms. The molecule has 4 rings (SSSR count). The number of fused-ring (bicyclic) bond motifs is 1. The van der Waals surface area contributed by atoms with E-state index in [0.717, 1.165) is 21.9 Å². The molecular weight excluding hydrogens is 378 g/mol. The Balaban J connectivity index is 1.73. The van der Waals surface area contributed by atoms with Gasteiger partial charge in [-0.1, -0.05) is 30.2 Å². The van der Waals surface area contributed by atoms with Gasteiger partial charge in [0.1, 0.15) is 11.4 Å². The first kappa shape index (κ1) is 20.1. The van der Waals surface area contributed by atoms with E-state index >= 15 is 0 Å². The summed E-state index contributed by atoms with van der Waals surface area (Å²) in [6, 6.07) is 13.7. The molecule has 0 amide bonds. The zero-order chi connectivity index (χ0) is 21.1. The van der Waals surface area contributed by atoms with Crippen LogP contribution in [0.1, 0.15) is 32.3 Å². The summed E-state index contributed by atoms with van der Waals surface area (Å²) in [7, 11) is 0. The van der Waals surface area contributed by atoms with Crippen molar-refractivity contribution in [2.24, 2.45) is 0 Å². The largest absolute Gasteiger partial charge is 0.467 e. The maximum Gasteiger partial charge on any atom is 0.189 e. The van der Waals surface area contributed by atoms with Crippen molar-refractivity contribution in [3.8, 4) is 29.4 Å². The minimum atomic E-state index is -0.605. The molecule has 1 aliphatic carbocycles. The van der Waals surface area contributed by atoms with E-state index in [4.69, 9.17) is 15.9 Å². The summed E-state index contributed by atoms with van der Waals surface area (Å²) in [5.41, 5.74) is 1.63. The van der Waals surface area contributed by atoms with Gasteiger partial charge in [0.15, 0.2) is 12.6 Å². The zero-order valence-electron chi connectivity index (χ0n) is 17.2. The molecule has 30 heavy (non-hydrogen) atoms. The van der Waals surface area contributed by atoms with Crippen LogP contribution in [0.5, 0.6) is 5.75 Å². The molecule has 0 bridgehead atoms. The number of aliphatic hydroxyl groups is 1. The number of hydrogen-bond donors (Lipinski definition) is 2. The predicted molar refractivity (Wildman–Crippen MR) is 117 cm³/mol. The highest BCUT2D eigenvalue weighted by Gasteiger charge is 2.38. The molecule has 154 valence electrons. The molecule has 1 saturated carbocycles. The first-order valence-electron chi connectivity index (χ1n) is 10.1. The van der Waals surface area contributed by atoms with Gasteiger partial charge in [0.05, 0.1) is 5.60 Å². The molecule has 2 N–H and O–H groups in total. The summed E-state index contributed by atoms with van der Waals surface area (Å²) >= 11 is 0. The van der Waals surface area contributed by atoms with Crippen LogP contribution in [-0.4, -0.2) is 40.3 Å². The van der Waals surface area contributed by atoms with Gasteiger partial charge in [0, 0.05) is 34.5 Å². The van der Waals surface area contributed by atoms with Crippen LogP contribution in [0.25, 0.3) is 22.0 Å². The minimum Gasteiger partial charge on any atom is -0.467 e. The molecule has 1 heterocycles. The number of nitrogens with zero attached hydrogens (tertiary/aromatic N) is 2. The molecule has 1 aliphatic rings. The molecule has 0 unspecified atom stereocenters. The summed E-state index contributed by atoms with van der Waals surface area (Å²) in [4.78, 5) is 0. The topological polar surface area (TPSA) is 76.5 Å². The van der Waals surface area contributed by atoms with Crippen molar-refractivity contribution in [1.82, 2.24) is 10.2 Å². The number of benzene rings is 2. The highest BCUT2D eigenvalue weighted by atomic mass is 16.7. The van der Waals surface area contributed by atoms with Crippen molar-refractivity contribution in [2.45, 2.75) is 38.3 Å². The Morgan fingerprint density at radius 2 is 1.97 bits per heavy atom. The highest BCUT2D eigenvalue weighted by molar-refractivity contribution is 6.01. The lowest BCUT2D eigenvalue weighted by Gasteiger charge is -2.41. The van der Waals surface area contributed by atoms with Crippen LogP contribution in [0.2, 0.25) is 0 Å². The van der Waals surface area contributed by atoms with Crippen molar-refractivity contribution < 1.29 is 14.6 Å². The Hall–Kier alpha value is -3.14. The van der Waals surface area contributed by atoms with Gasteiger partial charge < -0.3 is 19.9 Å². The second-order valence-electron chi connectivity index (χ2n) is 7.80. The van der Waals surface area contributed by atoms with Crippen LogP contribution in [0.3, 0.4) is 0 Å². The second-order valence-corrected chi connectivity index (χ2v) is 7.80. The van der Waals surface area contributed by atoms with E-state index in [1.165, 1.54) is 0 Å². The van der Waals surface area contributed by atoms with Crippen molar-refractivity contribution in [3.63, 3.8) is 0 Å². The molecule has 6 nitrogen and oxygen atoms in total. The third kappa shape index (κ3) is 4.09. The first-order valence-corrected chi connectivity index (χ1v) is 10.1. The number of terminal acetylenes is 1. The second kappa shape index (κ2) is 8.31. The first-order chi connectivity index (χ1) is 14.5. The van der Waals surface area contributed by atoms with Crippen LogP contribution in [0.15, 0.2) is 42.5 Å². The third-order valence-corrected chi connectivity index (χ3v) is 5.31. The molecule has 1 fully saturated rings. The van der Waals surface area contributed by atoms with Crippen molar-refractivity contribution in [3.05, 3.63) is 48.0 Å². The third-order valence-electron chi connectivity index (χ3n) is 5.31. The molecule has 0 atom stereocenters. The Bertz CT molecular complexity index is 1100. The number of ether oxygens (including phenoxy) is 2. The smallest absolute Gasteiger partial charge is 0.189 e. The SMILES string of the molecule is C#Cc1ccc(-c2nnc(N[C@H]3C[C@@](C)(O)C3)c3ccccc23)c(OCOCC)c1. The summed E-state index contributed by atoms with van der Waals surface area (Å²) < 4.78 is 11.2. The summed E-state index contributed by atoms with van der Waals surface area (Å²) in [6.07, 6.45) is 6.94. The van der Waals surface area contributed by atoms with E-state index in [9.17, 15) is 5.11 Å². The molecule has 6 heteroatoms. The fraction of sp³-hybridized carbons (Fsp3) is 0.333. The predicted octanol–water partition coefficient (Wildman–Crippen LogP) is 3.98.